The average molecular weight is 296 g/mol. The highest BCUT2D eigenvalue weighted by molar-refractivity contribution is 7.14. The van der Waals surface area contributed by atoms with Crippen LogP contribution in [0.15, 0.2) is 29.6 Å². The van der Waals surface area contributed by atoms with Gasteiger partial charge in [-0.05, 0) is 53.7 Å². The summed E-state index contributed by atoms with van der Waals surface area (Å²) in [5.41, 5.74) is 2.40. The Balaban J connectivity index is 2.33. The van der Waals surface area contributed by atoms with Crippen LogP contribution in [0.3, 0.4) is 0 Å². The van der Waals surface area contributed by atoms with Crippen molar-refractivity contribution in [1.29, 1.82) is 0 Å². The molecule has 1 aromatic heterocycles. The second kappa shape index (κ2) is 6.94. The molecule has 0 radical (unpaired) electrons. The fourth-order valence-corrected chi connectivity index (χ4v) is 3.17. The predicted octanol–water partition coefficient (Wildman–Crippen LogP) is 4.58. The van der Waals surface area contributed by atoms with Crippen molar-refractivity contribution in [3.05, 3.63) is 40.2 Å². The minimum atomic E-state index is 0.812. The van der Waals surface area contributed by atoms with Crippen LogP contribution in [0.5, 0.6) is 5.75 Å². The lowest BCUT2D eigenvalue weighted by atomic mass is 10.1. The van der Waals surface area contributed by atoms with Crippen LogP contribution in [0.25, 0.3) is 10.4 Å². The van der Waals surface area contributed by atoms with Gasteiger partial charge in [0.2, 0.25) is 0 Å². The van der Waals surface area contributed by atoms with Crippen molar-refractivity contribution in [3.63, 3.8) is 0 Å². The van der Waals surface area contributed by atoms with Crippen molar-refractivity contribution >= 4 is 22.9 Å². The first-order valence-corrected chi connectivity index (χ1v) is 7.63. The smallest absolute Gasteiger partial charge is 0.119 e. The van der Waals surface area contributed by atoms with Crippen LogP contribution < -0.4 is 10.1 Å². The highest BCUT2D eigenvalue weighted by atomic mass is 35.5. The number of nitrogens with one attached hydrogen (secondary N) is 1. The zero-order valence-corrected chi connectivity index (χ0v) is 12.8. The SMILES string of the molecule is CCCNCc1cc(OC)ccc1-c1sccc1Cl. The van der Waals surface area contributed by atoms with E-state index in [-0.39, 0.29) is 0 Å². The standard InChI is InChI=1S/C15H18ClNOS/c1-3-7-17-10-11-9-12(18-2)4-5-13(11)15-14(16)6-8-19-15/h4-6,8-9,17H,3,7,10H2,1-2H3. The lowest BCUT2D eigenvalue weighted by molar-refractivity contribution is 0.414. The van der Waals surface area contributed by atoms with Crippen molar-refractivity contribution in [1.82, 2.24) is 5.32 Å². The molecule has 19 heavy (non-hydrogen) atoms. The van der Waals surface area contributed by atoms with E-state index in [0.717, 1.165) is 35.2 Å². The molecule has 1 N–H and O–H groups in total. The van der Waals surface area contributed by atoms with E-state index in [1.165, 1.54) is 11.1 Å². The Morgan fingerprint density at radius 2 is 2.16 bits per heavy atom. The van der Waals surface area contributed by atoms with Crippen LogP contribution >= 0.6 is 22.9 Å². The van der Waals surface area contributed by atoms with Gasteiger partial charge >= 0.3 is 0 Å². The second-order valence-corrected chi connectivity index (χ2v) is 5.62. The van der Waals surface area contributed by atoms with Gasteiger partial charge in [-0.15, -0.1) is 11.3 Å². The number of methoxy groups -OCH3 is 1. The molecule has 0 bridgehead atoms. The normalized spacial score (nSPS) is 10.7. The Bertz CT molecular complexity index is 539. The molecular weight excluding hydrogens is 278 g/mol. The fraction of sp³-hybridized carbons (Fsp3) is 0.333. The molecule has 102 valence electrons. The van der Waals surface area contributed by atoms with Crippen molar-refractivity contribution < 1.29 is 4.74 Å². The Morgan fingerprint density at radius 1 is 1.32 bits per heavy atom. The van der Waals surface area contributed by atoms with Crippen LogP contribution in [0.2, 0.25) is 5.02 Å². The number of hydrogen-bond donors (Lipinski definition) is 1. The average Bonchev–Trinajstić information content (AvgIpc) is 2.85. The molecule has 2 aromatic rings. The molecule has 4 heteroatoms. The largest absolute Gasteiger partial charge is 0.497 e. The Hall–Kier alpha value is -1.03. The topological polar surface area (TPSA) is 21.3 Å². The number of benzene rings is 1. The molecule has 0 amide bonds. The molecule has 0 aliphatic rings. The number of rotatable bonds is 6. The molecule has 2 rings (SSSR count). The Labute approximate surface area is 123 Å². The first-order chi connectivity index (χ1) is 9.26. The van der Waals surface area contributed by atoms with Gasteiger partial charge in [-0.3, -0.25) is 0 Å². The van der Waals surface area contributed by atoms with Crippen LogP contribution in [0, 0.1) is 0 Å². The maximum atomic E-state index is 6.24. The van der Waals surface area contributed by atoms with E-state index >= 15 is 0 Å². The van der Waals surface area contributed by atoms with Crippen molar-refractivity contribution in [2.45, 2.75) is 19.9 Å². The number of thiophene rings is 1. The third kappa shape index (κ3) is 3.50. The molecule has 2 nitrogen and oxygen atoms in total. The first kappa shape index (κ1) is 14.4. The molecule has 0 saturated carbocycles. The highest BCUT2D eigenvalue weighted by Gasteiger charge is 2.11. The van der Waals surface area contributed by atoms with E-state index in [1.54, 1.807) is 18.4 Å². The Morgan fingerprint density at radius 3 is 2.79 bits per heavy atom. The van der Waals surface area contributed by atoms with Gasteiger partial charge in [0, 0.05) is 6.54 Å². The summed E-state index contributed by atoms with van der Waals surface area (Å²) in [4.78, 5) is 1.12. The summed E-state index contributed by atoms with van der Waals surface area (Å²) < 4.78 is 5.31. The lowest BCUT2D eigenvalue weighted by Crippen LogP contribution is -2.14. The van der Waals surface area contributed by atoms with Crippen LogP contribution in [-0.2, 0) is 6.54 Å². The molecule has 0 aliphatic heterocycles. The first-order valence-electron chi connectivity index (χ1n) is 6.37. The molecular formula is C15H18ClNOS. The molecule has 0 fully saturated rings. The van der Waals surface area contributed by atoms with E-state index in [4.69, 9.17) is 16.3 Å². The van der Waals surface area contributed by atoms with Gasteiger partial charge in [-0.2, -0.15) is 0 Å². The fourth-order valence-electron chi connectivity index (χ4n) is 1.95. The molecule has 1 heterocycles. The highest BCUT2D eigenvalue weighted by Crippen LogP contribution is 2.36. The molecule has 0 atom stereocenters. The maximum Gasteiger partial charge on any atom is 0.119 e. The lowest BCUT2D eigenvalue weighted by Gasteiger charge is -2.11. The summed E-state index contributed by atoms with van der Waals surface area (Å²) in [5, 5.41) is 6.26. The zero-order valence-electron chi connectivity index (χ0n) is 11.2. The van der Waals surface area contributed by atoms with Gasteiger partial charge in [0.05, 0.1) is 17.0 Å². The molecule has 0 aliphatic carbocycles. The van der Waals surface area contributed by atoms with E-state index in [2.05, 4.69) is 24.4 Å². The molecule has 0 saturated heterocycles. The van der Waals surface area contributed by atoms with Gasteiger partial charge < -0.3 is 10.1 Å². The summed E-state index contributed by atoms with van der Waals surface area (Å²) >= 11 is 7.91. The molecule has 0 spiro atoms. The second-order valence-electron chi connectivity index (χ2n) is 4.30. The third-order valence-electron chi connectivity index (χ3n) is 2.92. The minimum Gasteiger partial charge on any atom is -0.497 e. The predicted molar refractivity (Wildman–Crippen MR) is 83.3 cm³/mol. The zero-order chi connectivity index (χ0) is 13.7. The summed E-state index contributed by atoms with van der Waals surface area (Å²) in [7, 11) is 1.69. The van der Waals surface area contributed by atoms with Crippen LogP contribution in [0.4, 0.5) is 0 Å². The van der Waals surface area contributed by atoms with Gasteiger partial charge in [0.1, 0.15) is 5.75 Å². The molecule has 0 unspecified atom stereocenters. The van der Waals surface area contributed by atoms with E-state index < -0.39 is 0 Å². The molecule has 1 aromatic carbocycles. The van der Waals surface area contributed by atoms with E-state index in [0.29, 0.717) is 0 Å². The summed E-state index contributed by atoms with van der Waals surface area (Å²) in [6.45, 7) is 4.00. The third-order valence-corrected chi connectivity index (χ3v) is 4.29. The Kier molecular flexibility index (Phi) is 5.25. The maximum absolute atomic E-state index is 6.24. The summed E-state index contributed by atoms with van der Waals surface area (Å²) in [6, 6.07) is 8.08. The van der Waals surface area contributed by atoms with Crippen LogP contribution in [-0.4, -0.2) is 13.7 Å². The summed E-state index contributed by atoms with van der Waals surface area (Å²) in [5.74, 6) is 0.879. The van der Waals surface area contributed by atoms with Crippen LogP contribution in [0.1, 0.15) is 18.9 Å². The van der Waals surface area contributed by atoms with E-state index in [9.17, 15) is 0 Å². The summed E-state index contributed by atoms with van der Waals surface area (Å²) in [6.07, 6.45) is 1.12. The number of halogens is 1. The van der Waals surface area contributed by atoms with Crippen molar-refractivity contribution in [2.75, 3.05) is 13.7 Å². The minimum absolute atomic E-state index is 0.812. The quantitative estimate of drug-likeness (QED) is 0.788. The van der Waals surface area contributed by atoms with Gasteiger partial charge in [-0.25, -0.2) is 0 Å². The van der Waals surface area contributed by atoms with Crippen molar-refractivity contribution in [2.24, 2.45) is 0 Å². The van der Waals surface area contributed by atoms with Gasteiger partial charge in [0.15, 0.2) is 0 Å². The van der Waals surface area contributed by atoms with Gasteiger partial charge in [0.25, 0.3) is 0 Å². The number of hydrogen-bond acceptors (Lipinski definition) is 3. The van der Waals surface area contributed by atoms with E-state index in [1.807, 2.05) is 17.5 Å². The van der Waals surface area contributed by atoms with Gasteiger partial charge in [-0.1, -0.05) is 18.5 Å². The number of ether oxygens (including phenoxy) is 1. The monoisotopic (exact) mass is 295 g/mol. The van der Waals surface area contributed by atoms with Crippen molar-refractivity contribution in [3.8, 4) is 16.2 Å².